The van der Waals surface area contributed by atoms with Crippen LogP contribution in [0.2, 0.25) is 0 Å². The van der Waals surface area contributed by atoms with Crippen molar-refractivity contribution < 1.29 is 14.0 Å². The Morgan fingerprint density at radius 2 is 2.00 bits per heavy atom. The summed E-state index contributed by atoms with van der Waals surface area (Å²) in [6.45, 7) is 2.16. The van der Waals surface area contributed by atoms with Gasteiger partial charge < -0.3 is 15.5 Å². The van der Waals surface area contributed by atoms with Gasteiger partial charge >= 0.3 is 0 Å². The van der Waals surface area contributed by atoms with Crippen LogP contribution in [0.3, 0.4) is 0 Å². The average molecular weight is 390 g/mol. The average Bonchev–Trinajstić information content (AvgIpc) is 2.73. The van der Waals surface area contributed by atoms with Gasteiger partial charge in [-0.2, -0.15) is 0 Å². The van der Waals surface area contributed by atoms with Crippen molar-refractivity contribution in [3.8, 4) is 0 Å². The van der Waals surface area contributed by atoms with Crippen LogP contribution in [0.5, 0.6) is 0 Å². The van der Waals surface area contributed by atoms with E-state index in [1.54, 1.807) is 24.0 Å². The van der Waals surface area contributed by atoms with E-state index in [0.717, 1.165) is 5.56 Å². The summed E-state index contributed by atoms with van der Waals surface area (Å²) in [6.07, 6.45) is 1.45. The third-order valence-electron chi connectivity index (χ3n) is 4.73. The second-order valence-corrected chi connectivity index (χ2v) is 6.83. The van der Waals surface area contributed by atoms with Crippen LogP contribution in [0.4, 0.5) is 21.6 Å². The number of anilines is 3. The number of aromatic nitrogens is 1. The minimum atomic E-state index is -0.385. The van der Waals surface area contributed by atoms with Gasteiger partial charge in [-0.25, -0.2) is 9.37 Å². The number of carbonyl (C=O) groups excluding carboxylic acids is 2. The molecule has 1 aliphatic heterocycles. The molecule has 0 atom stereocenters. The van der Waals surface area contributed by atoms with Crippen LogP contribution in [-0.2, 0) is 11.3 Å². The molecule has 0 fully saturated rings. The highest BCUT2D eigenvalue weighted by molar-refractivity contribution is 6.07. The lowest BCUT2D eigenvalue weighted by Crippen LogP contribution is -2.40. The fourth-order valence-electron chi connectivity index (χ4n) is 3.17. The Bertz CT molecular complexity index is 1090. The number of halogens is 1. The van der Waals surface area contributed by atoms with Crippen LogP contribution in [-0.4, -0.2) is 23.3 Å². The molecular weight excluding hydrogens is 371 g/mol. The van der Waals surface area contributed by atoms with Crippen LogP contribution >= 0.6 is 0 Å². The standard InChI is InChI=1S/C22H19FN4O2/c1-14-9-17(7-8-18(14)23)26-22(29)16-10-19-21(24-11-16)25-12-20(28)27(19)13-15-5-3-2-4-6-15/h2-11H,12-13H2,1H3,(H,24,25)(H,26,29). The summed E-state index contributed by atoms with van der Waals surface area (Å²) in [5, 5.41) is 5.72. The lowest BCUT2D eigenvalue weighted by molar-refractivity contribution is -0.117. The fraction of sp³-hybridized carbons (Fsp3) is 0.136. The van der Waals surface area contributed by atoms with Crippen LogP contribution in [0.25, 0.3) is 0 Å². The summed E-state index contributed by atoms with van der Waals surface area (Å²) in [4.78, 5) is 31.1. The van der Waals surface area contributed by atoms with Crippen LogP contribution in [0.1, 0.15) is 21.5 Å². The number of hydrogen-bond donors (Lipinski definition) is 2. The molecule has 29 heavy (non-hydrogen) atoms. The number of benzene rings is 2. The molecule has 0 spiro atoms. The predicted octanol–water partition coefficient (Wildman–Crippen LogP) is 3.74. The molecule has 6 nitrogen and oxygen atoms in total. The van der Waals surface area contributed by atoms with E-state index in [2.05, 4.69) is 15.6 Å². The lowest BCUT2D eigenvalue weighted by atomic mass is 10.1. The SMILES string of the molecule is Cc1cc(NC(=O)c2cnc3c(c2)N(Cc2ccccc2)C(=O)CN3)ccc1F. The Balaban J connectivity index is 1.61. The van der Waals surface area contributed by atoms with E-state index >= 15 is 0 Å². The zero-order chi connectivity index (χ0) is 20.4. The number of rotatable bonds is 4. The van der Waals surface area contributed by atoms with Gasteiger partial charge in [0.2, 0.25) is 5.91 Å². The molecule has 2 aromatic carbocycles. The molecule has 0 unspecified atom stereocenters. The van der Waals surface area contributed by atoms with Gasteiger partial charge in [0.05, 0.1) is 24.3 Å². The molecule has 0 aliphatic carbocycles. The molecule has 0 saturated heterocycles. The van der Waals surface area contributed by atoms with E-state index in [0.29, 0.717) is 34.9 Å². The predicted molar refractivity (Wildman–Crippen MR) is 109 cm³/mol. The third kappa shape index (κ3) is 3.94. The smallest absolute Gasteiger partial charge is 0.257 e. The van der Waals surface area contributed by atoms with Gasteiger partial charge in [0.25, 0.3) is 5.91 Å². The molecule has 2 N–H and O–H groups in total. The first kappa shape index (κ1) is 18.6. The number of nitrogens with one attached hydrogen (secondary N) is 2. The third-order valence-corrected chi connectivity index (χ3v) is 4.73. The van der Waals surface area contributed by atoms with Gasteiger partial charge in [-0.15, -0.1) is 0 Å². The number of amides is 2. The maximum Gasteiger partial charge on any atom is 0.257 e. The number of nitrogens with zero attached hydrogens (tertiary/aromatic N) is 2. The minimum Gasteiger partial charge on any atom is -0.359 e. The molecule has 1 aromatic heterocycles. The van der Waals surface area contributed by atoms with Crippen molar-refractivity contribution in [1.82, 2.24) is 4.98 Å². The molecule has 7 heteroatoms. The van der Waals surface area contributed by atoms with Gasteiger partial charge in [-0.05, 0) is 42.3 Å². The zero-order valence-corrected chi connectivity index (χ0v) is 15.8. The second kappa shape index (κ2) is 7.71. The van der Waals surface area contributed by atoms with Crippen molar-refractivity contribution in [3.63, 3.8) is 0 Å². The molecule has 2 amide bonds. The molecule has 2 heterocycles. The molecule has 146 valence electrons. The van der Waals surface area contributed by atoms with Crippen LogP contribution < -0.4 is 15.5 Å². The first-order valence-electron chi connectivity index (χ1n) is 9.17. The Kier molecular flexibility index (Phi) is 4.95. The summed E-state index contributed by atoms with van der Waals surface area (Å²) in [6, 6.07) is 15.6. The maximum absolute atomic E-state index is 13.4. The van der Waals surface area contributed by atoms with E-state index in [-0.39, 0.29) is 24.2 Å². The number of hydrogen-bond acceptors (Lipinski definition) is 4. The normalized spacial score (nSPS) is 12.9. The minimum absolute atomic E-state index is 0.102. The van der Waals surface area contributed by atoms with E-state index in [4.69, 9.17) is 0 Å². The summed E-state index contributed by atoms with van der Waals surface area (Å²) in [5.41, 5.74) is 2.76. The maximum atomic E-state index is 13.4. The quantitative estimate of drug-likeness (QED) is 0.712. The van der Waals surface area contributed by atoms with Gasteiger partial charge in [0.1, 0.15) is 5.82 Å². The largest absolute Gasteiger partial charge is 0.359 e. The van der Waals surface area contributed by atoms with E-state index in [1.807, 2.05) is 30.3 Å². The molecule has 0 bridgehead atoms. The van der Waals surface area contributed by atoms with Gasteiger partial charge in [0, 0.05) is 11.9 Å². The van der Waals surface area contributed by atoms with Gasteiger partial charge in [-0.3, -0.25) is 9.59 Å². The summed E-state index contributed by atoms with van der Waals surface area (Å²) >= 11 is 0. The topological polar surface area (TPSA) is 74.3 Å². The lowest BCUT2D eigenvalue weighted by Gasteiger charge is -2.29. The number of carbonyl (C=O) groups is 2. The van der Waals surface area contributed by atoms with E-state index in [9.17, 15) is 14.0 Å². The second-order valence-electron chi connectivity index (χ2n) is 6.83. The highest BCUT2D eigenvalue weighted by Crippen LogP contribution is 2.30. The highest BCUT2D eigenvalue weighted by atomic mass is 19.1. The molecule has 1 aliphatic rings. The summed E-state index contributed by atoms with van der Waals surface area (Å²) in [7, 11) is 0. The molecule has 3 aromatic rings. The molecule has 0 radical (unpaired) electrons. The Morgan fingerprint density at radius 3 is 2.76 bits per heavy atom. The number of pyridine rings is 1. The van der Waals surface area contributed by atoms with Crippen molar-refractivity contribution >= 4 is 29.0 Å². The van der Waals surface area contributed by atoms with E-state index in [1.165, 1.54) is 18.3 Å². The summed E-state index contributed by atoms with van der Waals surface area (Å²) in [5.74, 6) is -0.270. The van der Waals surface area contributed by atoms with Crippen molar-refractivity contribution in [3.05, 3.63) is 83.3 Å². The fourth-order valence-corrected chi connectivity index (χ4v) is 3.17. The van der Waals surface area contributed by atoms with Gasteiger partial charge in [0.15, 0.2) is 5.82 Å². The number of aryl methyl sites for hydroxylation is 1. The van der Waals surface area contributed by atoms with Crippen molar-refractivity contribution in [2.75, 3.05) is 22.1 Å². The Morgan fingerprint density at radius 1 is 1.21 bits per heavy atom. The molecule has 4 rings (SSSR count). The monoisotopic (exact) mass is 390 g/mol. The van der Waals surface area contributed by atoms with Crippen LogP contribution in [0.15, 0.2) is 60.8 Å². The number of fused-ring (bicyclic) bond motifs is 1. The Labute approximate surface area is 167 Å². The first-order valence-corrected chi connectivity index (χ1v) is 9.17. The van der Waals surface area contributed by atoms with Crippen molar-refractivity contribution in [1.29, 1.82) is 0 Å². The Hall–Kier alpha value is -3.74. The van der Waals surface area contributed by atoms with Crippen molar-refractivity contribution in [2.45, 2.75) is 13.5 Å². The first-order chi connectivity index (χ1) is 14.0. The molecule has 0 saturated carbocycles. The zero-order valence-electron chi connectivity index (χ0n) is 15.8. The van der Waals surface area contributed by atoms with Gasteiger partial charge in [-0.1, -0.05) is 30.3 Å². The summed E-state index contributed by atoms with van der Waals surface area (Å²) < 4.78 is 13.4. The molecular formula is C22H19FN4O2. The van der Waals surface area contributed by atoms with Crippen molar-refractivity contribution in [2.24, 2.45) is 0 Å². The highest BCUT2D eigenvalue weighted by Gasteiger charge is 2.26. The van der Waals surface area contributed by atoms with Crippen LogP contribution in [0, 0.1) is 12.7 Å². The van der Waals surface area contributed by atoms with E-state index < -0.39 is 0 Å².